The van der Waals surface area contributed by atoms with E-state index in [0.29, 0.717) is 11.1 Å². The third-order valence-electron chi connectivity index (χ3n) is 3.89. The van der Waals surface area contributed by atoms with Crippen molar-refractivity contribution >= 4 is 23.6 Å². The topological polar surface area (TPSA) is 46.5 Å². The van der Waals surface area contributed by atoms with E-state index >= 15 is 0 Å². The van der Waals surface area contributed by atoms with Crippen molar-refractivity contribution in [2.45, 2.75) is 19.2 Å². The van der Waals surface area contributed by atoms with Gasteiger partial charge in [-0.15, -0.1) is 0 Å². The number of fused-ring (bicyclic) bond motifs is 1. The van der Waals surface area contributed by atoms with Gasteiger partial charge in [-0.1, -0.05) is 35.9 Å². The zero-order chi connectivity index (χ0) is 18.4. The first-order chi connectivity index (χ1) is 11.7. The Hall–Kier alpha value is -2.47. The van der Waals surface area contributed by atoms with E-state index in [2.05, 4.69) is 0 Å². The van der Waals surface area contributed by atoms with Crippen LogP contribution in [0.5, 0.6) is 5.75 Å². The lowest BCUT2D eigenvalue weighted by Crippen LogP contribution is -2.40. The number of carboxylic acids is 1. The second kappa shape index (κ2) is 6.11. The third-order valence-corrected chi connectivity index (χ3v) is 4.11. The van der Waals surface area contributed by atoms with Gasteiger partial charge in [0.15, 0.2) is 0 Å². The summed E-state index contributed by atoms with van der Waals surface area (Å²) in [5, 5.41) is 9.39. The number of benzene rings is 2. The van der Waals surface area contributed by atoms with Crippen molar-refractivity contribution in [3.05, 3.63) is 58.1 Å². The molecule has 0 bridgehead atoms. The lowest BCUT2D eigenvalue weighted by atomic mass is 9.94. The van der Waals surface area contributed by atoms with Gasteiger partial charge in [0.1, 0.15) is 5.75 Å². The van der Waals surface area contributed by atoms with Crippen LogP contribution in [0.15, 0.2) is 42.0 Å². The van der Waals surface area contributed by atoms with E-state index in [4.69, 9.17) is 21.4 Å². The van der Waals surface area contributed by atoms with Crippen molar-refractivity contribution in [1.29, 1.82) is 0 Å². The lowest BCUT2D eigenvalue weighted by Gasteiger charge is -2.29. The first-order valence-electron chi connectivity index (χ1n) is 7.26. The van der Waals surface area contributed by atoms with Crippen molar-refractivity contribution in [2.75, 3.05) is 0 Å². The molecule has 2 aromatic carbocycles. The number of aryl methyl sites for hydroxylation is 1. The Labute approximate surface area is 146 Å². The predicted octanol–water partition coefficient (Wildman–Crippen LogP) is 5.11. The summed E-state index contributed by atoms with van der Waals surface area (Å²) in [6, 6.07) is 9.99. The fraction of sp³-hybridized carbons (Fsp3) is 0.167. The van der Waals surface area contributed by atoms with E-state index in [1.807, 2.05) is 13.0 Å². The summed E-state index contributed by atoms with van der Waals surface area (Å²) in [6.45, 7) is 1.81. The largest absolute Gasteiger partial charge is 0.478 e. The van der Waals surface area contributed by atoms with Crippen LogP contribution < -0.4 is 4.74 Å². The quantitative estimate of drug-likeness (QED) is 0.801. The average Bonchev–Trinajstić information content (AvgIpc) is 2.52. The molecule has 0 radical (unpaired) electrons. The fourth-order valence-electron chi connectivity index (χ4n) is 2.77. The molecule has 25 heavy (non-hydrogen) atoms. The number of ether oxygens (including phenoxy) is 1. The maximum absolute atomic E-state index is 13.3. The summed E-state index contributed by atoms with van der Waals surface area (Å²) < 4.78 is 45.0. The molecule has 0 unspecified atom stereocenters. The van der Waals surface area contributed by atoms with Crippen LogP contribution >= 0.6 is 11.6 Å². The molecule has 1 heterocycles. The molecule has 3 nitrogen and oxygen atoms in total. The van der Waals surface area contributed by atoms with Crippen molar-refractivity contribution in [3.63, 3.8) is 0 Å². The van der Waals surface area contributed by atoms with Gasteiger partial charge in [-0.25, -0.2) is 4.79 Å². The second-order valence-electron chi connectivity index (χ2n) is 5.63. The number of aliphatic carboxylic acids is 1. The highest BCUT2D eigenvalue weighted by molar-refractivity contribution is 6.31. The van der Waals surface area contributed by atoms with Crippen LogP contribution in [0.3, 0.4) is 0 Å². The number of halogens is 4. The first-order valence-corrected chi connectivity index (χ1v) is 7.64. The summed E-state index contributed by atoms with van der Waals surface area (Å²) in [5.74, 6) is -1.73. The van der Waals surface area contributed by atoms with Gasteiger partial charge in [-0.05, 0) is 36.3 Å². The maximum atomic E-state index is 13.3. The predicted molar refractivity (Wildman–Crippen MR) is 87.7 cm³/mol. The molecule has 130 valence electrons. The first kappa shape index (κ1) is 17.4. The molecule has 1 aliphatic rings. The van der Waals surface area contributed by atoms with Crippen LogP contribution in [0.2, 0.25) is 5.02 Å². The number of carboxylic acid groups (broad SMARTS) is 1. The van der Waals surface area contributed by atoms with Gasteiger partial charge in [-0.2, -0.15) is 13.2 Å². The van der Waals surface area contributed by atoms with Crippen LogP contribution in [0, 0.1) is 6.92 Å². The van der Waals surface area contributed by atoms with Crippen LogP contribution in [0.1, 0.15) is 11.1 Å². The summed E-state index contributed by atoms with van der Waals surface area (Å²) in [7, 11) is 0. The normalized spacial score (nSPS) is 16.7. The zero-order valence-corrected chi connectivity index (χ0v) is 13.7. The molecule has 0 fully saturated rings. The third kappa shape index (κ3) is 3.22. The molecule has 0 saturated heterocycles. The van der Waals surface area contributed by atoms with E-state index < -0.39 is 23.8 Å². The smallest absolute Gasteiger partial charge is 0.430 e. The Morgan fingerprint density at radius 1 is 1.20 bits per heavy atom. The Morgan fingerprint density at radius 3 is 2.48 bits per heavy atom. The van der Waals surface area contributed by atoms with E-state index in [1.54, 1.807) is 18.2 Å². The van der Waals surface area contributed by atoms with E-state index in [0.717, 1.165) is 11.6 Å². The van der Waals surface area contributed by atoms with Crippen LogP contribution in [-0.2, 0) is 4.79 Å². The summed E-state index contributed by atoms with van der Waals surface area (Å²) in [4.78, 5) is 11.2. The van der Waals surface area contributed by atoms with Gasteiger partial charge in [0.25, 0.3) is 0 Å². The van der Waals surface area contributed by atoms with Crippen molar-refractivity contribution < 1.29 is 27.8 Å². The van der Waals surface area contributed by atoms with Gasteiger partial charge < -0.3 is 9.84 Å². The number of hydrogen-bond donors (Lipinski definition) is 1. The molecule has 0 aliphatic carbocycles. The molecular weight excluding hydrogens is 357 g/mol. The van der Waals surface area contributed by atoms with Crippen molar-refractivity contribution in [2.24, 2.45) is 0 Å². The SMILES string of the molecule is Cc1ccccc1-c1cc(Cl)cc2c1O[C@@H](C(F)(F)F)C(C(=O)O)=C2. The summed E-state index contributed by atoms with van der Waals surface area (Å²) in [5.41, 5.74) is 1.19. The highest BCUT2D eigenvalue weighted by Crippen LogP contribution is 2.44. The molecule has 0 aromatic heterocycles. The summed E-state index contributed by atoms with van der Waals surface area (Å²) in [6.07, 6.45) is -6.43. The van der Waals surface area contributed by atoms with Crippen molar-refractivity contribution in [3.8, 4) is 16.9 Å². The van der Waals surface area contributed by atoms with Gasteiger partial charge in [-0.3, -0.25) is 0 Å². The van der Waals surface area contributed by atoms with Gasteiger partial charge in [0, 0.05) is 16.1 Å². The zero-order valence-electron chi connectivity index (χ0n) is 12.9. The molecule has 2 aromatic rings. The van der Waals surface area contributed by atoms with Gasteiger partial charge >= 0.3 is 12.1 Å². The van der Waals surface area contributed by atoms with Crippen molar-refractivity contribution in [1.82, 2.24) is 0 Å². The van der Waals surface area contributed by atoms with E-state index in [1.165, 1.54) is 12.1 Å². The molecule has 3 rings (SSSR count). The van der Waals surface area contributed by atoms with E-state index in [-0.39, 0.29) is 16.3 Å². The van der Waals surface area contributed by atoms with E-state index in [9.17, 15) is 18.0 Å². The fourth-order valence-corrected chi connectivity index (χ4v) is 3.00. The molecular formula is C18H12ClF3O3. The maximum Gasteiger partial charge on any atom is 0.430 e. The minimum Gasteiger partial charge on any atom is -0.478 e. The molecule has 1 N–H and O–H groups in total. The lowest BCUT2D eigenvalue weighted by molar-refractivity contribution is -0.187. The molecule has 1 aliphatic heterocycles. The Kier molecular flexibility index (Phi) is 4.24. The number of alkyl halides is 3. The molecule has 1 atom stereocenters. The Bertz CT molecular complexity index is 888. The summed E-state index contributed by atoms with van der Waals surface area (Å²) >= 11 is 6.08. The molecule has 0 amide bonds. The Balaban J connectivity index is 2.26. The monoisotopic (exact) mass is 368 g/mol. The Morgan fingerprint density at radius 2 is 1.88 bits per heavy atom. The van der Waals surface area contributed by atoms with Crippen LogP contribution in [-0.4, -0.2) is 23.4 Å². The highest BCUT2D eigenvalue weighted by atomic mass is 35.5. The molecule has 0 spiro atoms. The number of carbonyl (C=O) groups is 1. The van der Waals surface area contributed by atoms with Gasteiger partial charge in [0.2, 0.25) is 6.10 Å². The highest BCUT2D eigenvalue weighted by Gasteiger charge is 2.48. The van der Waals surface area contributed by atoms with Crippen LogP contribution in [0.4, 0.5) is 13.2 Å². The standard InChI is InChI=1S/C18H12ClF3O3/c1-9-4-2-3-5-12(9)13-8-11(19)6-10-7-14(17(23)24)16(18(20,21)22)25-15(10)13/h2-8,16H,1H3,(H,23,24)/t16-/m1/s1. The number of hydrogen-bond acceptors (Lipinski definition) is 2. The number of rotatable bonds is 2. The minimum atomic E-state index is -4.86. The second-order valence-corrected chi connectivity index (χ2v) is 6.07. The average molecular weight is 369 g/mol. The van der Waals surface area contributed by atoms with Gasteiger partial charge in [0.05, 0.1) is 5.57 Å². The van der Waals surface area contributed by atoms with Crippen LogP contribution in [0.25, 0.3) is 17.2 Å². The molecule has 0 saturated carbocycles. The molecule has 7 heteroatoms. The minimum absolute atomic E-state index is 0.0361.